The van der Waals surface area contributed by atoms with Gasteiger partial charge in [0.25, 0.3) is 0 Å². The van der Waals surface area contributed by atoms with Gasteiger partial charge in [-0.05, 0) is 65.5 Å². The van der Waals surface area contributed by atoms with Gasteiger partial charge in [-0.1, -0.05) is 6.42 Å². The fourth-order valence-corrected chi connectivity index (χ4v) is 5.14. The van der Waals surface area contributed by atoms with Crippen molar-refractivity contribution in [2.24, 2.45) is 5.92 Å². The van der Waals surface area contributed by atoms with Gasteiger partial charge < -0.3 is 14.6 Å². The second kappa shape index (κ2) is 11.2. The van der Waals surface area contributed by atoms with Crippen LogP contribution >= 0.6 is 0 Å². The molecule has 0 unspecified atom stereocenters. The zero-order valence-electron chi connectivity index (χ0n) is 20.7. The van der Waals surface area contributed by atoms with Crippen LogP contribution in [0.1, 0.15) is 71.8 Å². The molecule has 0 radical (unpaired) electrons. The summed E-state index contributed by atoms with van der Waals surface area (Å²) in [5.41, 5.74) is 1.63. The number of nitrogens with one attached hydrogen (secondary N) is 2. The maximum Gasteiger partial charge on any atom is 0.223 e. The largest absolute Gasteiger partial charge is 0.476 e. The minimum Gasteiger partial charge on any atom is -0.476 e. The van der Waals surface area contributed by atoms with Crippen LogP contribution in [0.25, 0.3) is 11.0 Å². The van der Waals surface area contributed by atoms with E-state index in [0.29, 0.717) is 18.4 Å². The molecule has 0 atom stereocenters. The Labute approximate surface area is 201 Å². The summed E-state index contributed by atoms with van der Waals surface area (Å²) in [5.74, 6) is 1.12. The lowest BCUT2D eigenvalue weighted by Crippen LogP contribution is -2.37. The average molecular weight is 471 g/mol. The van der Waals surface area contributed by atoms with Gasteiger partial charge in [-0.15, -0.1) is 0 Å². The highest BCUT2D eigenvalue weighted by Gasteiger charge is 2.30. The number of nitrogens with zero attached hydrogens (tertiary/aromatic N) is 4. The smallest absolute Gasteiger partial charge is 0.223 e. The maximum absolute atomic E-state index is 12.5. The molecule has 0 aromatic carbocycles. The van der Waals surface area contributed by atoms with Gasteiger partial charge in [-0.3, -0.25) is 19.8 Å². The number of rotatable bonds is 8. The van der Waals surface area contributed by atoms with Crippen molar-refractivity contribution in [2.75, 3.05) is 31.6 Å². The van der Waals surface area contributed by atoms with E-state index in [9.17, 15) is 9.59 Å². The highest BCUT2D eigenvalue weighted by Crippen LogP contribution is 2.37. The molecular weight excluding hydrogens is 432 g/mol. The van der Waals surface area contributed by atoms with Gasteiger partial charge in [0.2, 0.25) is 23.6 Å². The molecule has 2 aromatic rings. The van der Waals surface area contributed by atoms with Gasteiger partial charge in [-0.25, -0.2) is 9.97 Å². The van der Waals surface area contributed by atoms with Crippen LogP contribution in [0.5, 0.6) is 5.88 Å². The number of likely N-dealkylation sites (tertiary alicyclic amines) is 1. The molecule has 2 fully saturated rings. The molecule has 2 aliphatic rings. The predicted molar refractivity (Wildman–Crippen MR) is 132 cm³/mol. The summed E-state index contributed by atoms with van der Waals surface area (Å²) in [4.78, 5) is 35.9. The molecule has 0 spiro atoms. The summed E-state index contributed by atoms with van der Waals surface area (Å²) in [6, 6.07) is 2.23. The molecule has 2 aromatic heterocycles. The monoisotopic (exact) mass is 470 g/mol. The van der Waals surface area contributed by atoms with Crippen molar-refractivity contribution in [3.8, 4) is 5.88 Å². The van der Waals surface area contributed by atoms with Crippen LogP contribution in [0.4, 0.5) is 5.95 Å². The number of anilines is 1. The normalized spacial score (nSPS) is 21.5. The molecule has 9 nitrogen and oxygen atoms in total. The number of pyridine rings is 1. The average Bonchev–Trinajstić information content (AvgIpc) is 3.16. The SMILES string of the molecule is CC(=O)Nc1nc2cnc(OCCN3CCCCC3)cc2n1[C@H]1CC[C@@H](C(=O)NC(C)C)CC1. The van der Waals surface area contributed by atoms with Crippen molar-refractivity contribution in [3.63, 3.8) is 0 Å². The Hall–Kier alpha value is -2.68. The standard InChI is InChI=1S/C25H38N6O3/c1-17(2)27-24(33)19-7-9-20(10-8-19)31-22-15-23(34-14-13-30-11-5-4-6-12-30)26-16-21(22)29-25(31)28-18(3)32/h15-17,19-20H,4-14H2,1-3H3,(H,27,33)(H,28,29,32)/t19-,20+. The number of hydrogen-bond acceptors (Lipinski definition) is 6. The minimum absolute atomic E-state index is 0.0352. The molecule has 186 valence electrons. The molecular formula is C25H38N6O3. The van der Waals surface area contributed by atoms with Crippen LogP contribution in [-0.2, 0) is 9.59 Å². The second-order valence-corrected chi connectivity index (χ2v) is 9.92. The van der Waals surface area contributed by atoms with Crippen molar-refractivity contribution in [1.82, 2.24) is 24.8 Å². The molecule has 2 amide bonds. The molecule has 4 rings (SSSR count). The van der Waals surface area contributed by atoms with E-state index in [-0.39, 0.29) is 29.8 Å². The van der Waals surface area contributed by atoms with Crippen molar-refractivity contribution in [1.29, 1.82) is 0 Å². The Morgan fingerprint density at radius 2 is 1.88 bits per heavy atom. The summed E-state index contributed by atoms with van der Waals surface area (Å²) in [5, 5.41) is 5.92. The Morgan fingerprint density at radius 1 is 1.15 bits per heavy atom. The molecule has 0 bridgehead atoms. The predicted octanol–water partition coefficient (Wildman–Crippen LogP) is 3.51. The molecule has 1 aliphatic heterocycles. The Balaban J connectivity index is 1.49. The third-order valence-corrected chi connectivity index (χ3v) is 6.81. The fourth-order valence-electron chi connectivity index (χ4n) is 5.14. The van der Waals surface area contributed by atoms with Gasteiger partial charge in [0.05, 0.1) is 11.7 Å². The van der Waals surface area contributed by atoms with Crippen LogP contribution in [0, 0.1) is 5.92 Å². The second-order valence-electron chi connectivity index (χ2n) is 9.92. The number of imidazole rings is 1. The van der Waals surface area contributed by atoms with E-state index in [1.54, 1.807) is 6.20 Å². The highest BCUT2D eigenvalue weighted by atomic mass is 16.5. The van der Waals surface area contributed by atoms with Crippen molar-refractivity contribution < 1.29 is 14.3 Å². The third kappa shape index (κ3) is 6.05. The quantitative estimate of drug-likeness (QED) is 0.612. The lowest BCUT2D eigenvalue weighted by Gasteiger charge is -2.30. The summed E-state index contributed by atoms with van der Waals surface area (Å²) < 4.78 is 8.10. The van der Waals surface area contributed by atoms with Crippen LogP contribution < -0.4 is 15.4 Å². The van der Waals surface area contributed by atoms with E-state index in [4.69, 9.17) is 4.74 Å². The first-order chi connectivity index (χ1) is 16.4. The Kier molecular flexibility index (Phi) is 8.03. The van der Waals surface area contributed by atoms with Crippen LogP contribution in [0.15, 0.2) is 12.3 Å². The number of fused-ring (bicyclic) bond motifs is 1. The first-order valence-corrected chi connectivity index (χ1v) is 12.7. The van der Waals surface area contributed by atoms with Gasteiger partial charge in [0.1, 0.15) is 12.1 Å². The van der Waals surface area contributed by atoms with Gasteiger partial charge in [-0.2, -0.15) is 0 Å². The molecule has 2 N–H and O–H groups in total. The Bertz CT molecular complexity index is 990. The number of amides is 2. The van der Waals surface area contributed by atoms with Crippen molar-refractivity contribution in [2.45, 2.75) is 77.8 Å². The number of hydrogen-bond donors (Lipinski definition) is 2. The third-order valence-electron chi connectivity index (χ3n) is 6.81. The van der Waals surface area contributed by atoms with E-state index in [2.05, 4.69) is 30.1 Å². The molecule has 9 heteroatoms. The fraction of sp³-hybridized carbons (Fsp3) is 0.680. The van der Waals surface area contributed by atoms with Gasteiger partial charge in [0, 0.05) is 37.5 Å². The van der Waals surface area contributed by atoms with E-state index < -0.39 is 0 Å². The number of carbonyl (C=O) groups excluding carboxylic acids is 2. The summed E-state index contributed by atoms with van der Waals surface area (Å²) in [6.07, 6.45) is 8.88. The zero-order chi connectivity index (χ0) is 24.1. The lowest BCUT2D eigenvalue weighted by atomic mass is 9.85. The van der Waals surface area contributed by atoms with Crippen LogP contribution in [-0.4, -0.2) is 63.5 Å². The van der Waals surface area contributed by atoms with E-state index in [1.807, 2.05) is 19.9 Å². The minimum atomic E-state index is -0.160. The molecule has 1 aliphatic carbocycles. The zero-order valence-corrected chi connectivity index (χ0v) is 20.7. The van der Waals surface area contributed by atoms with Crippen LogP contribution in [0.2, 0.25) is 0 Å². The van der Waals surface area contributed by atoms with E-state index in [0.717, 1.165) is 56.4 Å². The molecule has 3 heterocycles. The van der Waals surface area contributed by atoms with E-state index in [1.165, 1.54) is 26.2 Å². The van der Waals surface area contributed by atoms with Crippen LogP contribution in [0.3, 0.4) is 0 Å². The number of ether oxygens (including phenoxy) is 1. The maximum atomic E-state index is 12.5. The number of piperidine rings is 1. The number of aromatic nitrogens is 3. The topological polar surface area (TPSA) is 101 Å². The van der Waals surface area contributed by atoms with E-state index >= 15 is 0 Å². The van der Waals surface area contributed by atoms with Gasteiger partial charge >= 0.3 is 0 Å². The first-order valence-electron chi connectivity index (χ1n) is 12.7. The number of carbonyl (C=O) groups is 2. The summed E-state index contributed by atoms with van der Waals surface area (Å²) >= 11 is 0. The van der Waals surface area contributed by atoms with Gasteiger partial charge in [0.15, 0.2) is 0 Å². The summed E-state index contributed by atoms with van der Waals surface area (Å²) in [6.45, 7) is 9.24. The van der Waals surface area contributed by atoms with Crippen molar-refractivity contribution in [3.05, 3.63) is 12.3 Å². The first kappa shape index (κ1) is 24.4. The molecule has 1 saturated heterocycles. The highest BCUT2D eigenvalue weighted by molar-refractivity contribution is 5.90. The lowest BCUT2D eigenvalue weighted by molar-refractivity contribution is -0.126. The Morgan fingerprint density at radius 3 is 2.56 bits per heavy atom. The molecule has 34 heavy (non-hydrogen) atoms. The summed E-state index contributed by atoms with van der Waals surface area (Å²) in [7, 11) is 0. The molecule has 1 saturated carbocycles. The van der Waals surface area contributed by atoms with Crippen molar-refractivity contribution >= 4 is 28.8 Å².